The number of aryl methyl sites for hydroxylation is 1. The zero-order valence-electron chi connectivity index (χ0n) is 9.39. The normalized spacial score (nSPS) is 10.3. The van der Waals surface area contributed by atoms with Crippen molar-refractivity contribution in [1.82, 2.24) is 4.98 Å². The fraction of sp³-hybridized carbons (Fsp3) is 0.214. The Hall–Kier alpha value is -1.28. The predicted molar refractivity (Wildman–Crippen MR) is 69.6 cm³/mol. The van der Waals surface area contributed by atoms with Crippen molar-refractivity contribution in [2.45, 2.75) is 24.0 Å². The molecule has 1 nitrogen and oxygen atoms in total. The molecule has 0 amide bonds. The second kappa shape index (κ2) is 5.71. The van der Waals surface area contributed by atoms with Gasteiger partial charge in [0.1, 0.15) is 0 Å². The van der Waals surface area contributed by atoms with Gasteiger partial charge in [0.05, 0.1) is 0 Å². The van der Waals surface area contributed by atoms with Gasteiger partial charge in [-0.2, -0.15) is 0 Å². The average molecular weight is 229 g/mol. The van der Waals surface area contributed by atoms with Crippen LogP contribution in [0.3, 0.4) is 0 Å². The van der Waals surface area contributed by atoms with E-state index < -0.39 is 0 Å². The topological polar surface area (TPSA) is 12.9 Å². The van der Waals surface area contributed by atoms with Crippen molar-refractivity contribution in [2.24, 2.45) is 0 Å². The van der Waals surface area contributed by atoms with Gasteiger partial charge in [-0.25, -0.2) is 0 Å². The van der Waals surface area contributed by atoms with E-state index in [1.165, 1.54) is 16.0 Å². The Bertz CT molecular complexity index is 422. The highest BCUT2D eigenvalue weighted by molar-refractivity contribution is 7.98. The van der Waals surface area contributed by atoms with Crippen LogP contribution in [0.25, 0.3) is 0 Å². The standard InChI is InChI=1S/C14H15NS/c1-2-12-3-5-14(6-4-12)16-11-13-7-9-15-10-8-13/h3-10H,2,11H2,1H3. The van der Waals surface area contributed by atoms with Crippen LogP contribution in [0.1, 0.15) is 18.1 Å². The van der Waals surface area contributed by atoms with E-state index in [0.29, 0.717) is 0 Å². The fourth-order valence-electron chi connectivity index (χ4n) is 1.47. The lowest BCUT2D eigenvalue weighted by Gasteiger charge is -2.02. The summed E-state index contributed by atoms with van der Waals surface area (Å²) in [5.41, 5.74) is 2.72. The molecule has 2 heteroatoms. The van der Waals surface area contributed by atoms with Gasteiger partial charge >= 0.3 is 0 Å². The SMILES string of the molecule is CCc1ccc(SCc2ccncc2)cc1. The molecule has 0 saturated carbocycles. The van der Waals surface area contributed by atoms with Gasteiger partial charge in [0.2, 0.25) is 0 Å². The van der Waals surface area contributed by atoms with Crippen molar-refractivity contribution in [3.63, 3.8) is 0 Å². The molecule has 16 heavy (non-hydrogen) atoms. The summed E-state index contributed by atoms with van der Waals surface area (Å²) in [6, 6.07) is 12.9. The molecule has 0 aliphatic rings. The smallest absolute Gasteiger partial charge is 0.0270 e. The minimum atomic E-state index is 1.01. The van der Waals surface area contributed by atoms with Gasteiger partial charge in [-0.3, -0.25) is 4.98 Å². The first-order chi connectivity index (χ1) is 7.88. The highest BCUT2D eigenvalue weighted by Gasteiger charge is 1.96. The van der Waals surface area contributed by atoms with Crippen LogP contribution in [0, 0.1) is 0 Å². The van der Waals surface area contributed by atoms with Crippen LogP contribution in [0.5, 0.6) is 0 Å². The molecule has 0 fully saturated rings. The molecule has 82 valence electrons. The first-order valence-corrected chi connectivity index (χ1v) is 6.47. The molecule has 0 atom stereocenters. The van der Waals surface area contributed by atoms with E-state index in [9.17, 15) is 0 Å². The summed E-state index contributed by atoms with van der Waals surface area (Å²) in [4.78, 5) is 5.34. The number of thioether (sulfide) groups is 1. The predicted octanol–water partition coefficient (Wildman–Crippen LogP) is 3.94. The maximum atomic E-state index is 4.01. The van der Waals surface area contributed by atoms with E-state index in [0.717, 1.165) is 12.2 Å². The van der Waals surface area contributed by atoms with Gasteiger partial charge < -0.3 is 0 Å². The highest BCUT2D eigenvalue weighted by atomic mass is 32.2. The summed E-state index contributed by atoms with van der Waals surface area (Å²) >= 11 is 1.86. The van der Waals surface area contributed by atoms with E-state index in [1.54, 1.807) is 0 Å². The number of aromatic nitrogens is 1. The second-order valence-electron chi connectivity index (χ2n) is 3.64. The molecule has 0 spiro atoms. The number of hydrogen-bond acceptors (Lipinski definition) is 2. The van der Waals surface area contributed by atoms with E-state index >= 15 is 0 Å². The third-order valence-corrected chi connectivity index (χ3v) is 3.57. The minimum Gasteiger partial charge on any atom is -0.265 e. The quantitative estimate of drug-likeness (QED) is 0.737. The summed E-state index contributed by atoms with van der Waals surface area (Å²) in [6.07, 6.45) is 4.79. The molecule has 0 radical (unpaired) electrons. The van der Waals surface area contributed by atoms with Crippen LogP contribution < -0.4 is 0 Å². The van der Waals surface area contributed by atoms with Crippen LogP contribution in [-0.4, -0.2) is 4.98 Å². The first kappa shape index (κ1) is 11.2. The van der Waals surface area contributed by atoms with Gasteiger partial charge in [-0.05, 0) is 41.8 Å². The molecule has 2 rings (SSSR count). The van der Waals surface area contributed by atoms with Crippen LogP contribution in [0.4, 0.5) is 0 Å². The Labute approximate surface area is 101 Å². The summed E-state index contributed by atoms with van der Waals surface area (Å²) in [5.74, 6) is 1.01. The fourth-order valence-corrected chi connectivity index (χ4v) is 2.32. The van der Waals surface area contributed by atoms with Crippen molar-refractivity contribution >= 4 is 11.8 Å². The minimum absolute atomic E-state index is 1.01. The lowest BCUT2D eigenvalue weighted by atomic mass is 10.2. The molecular weight excluding hydrogens is 214 g/mol. The van der Waals surface area contributed by atoms with E-state index in [2.05, 4.69) is 48.3 Å². The monoisotopic (exact) mass is 229 g/mol. The zero-order chi connectivity index (χ0) is 11.2. The van der Waals surface area contributed by atoms with Crippen LogP contribution in [0.15, 0.2) is 53.7 Å². The average Bonchev–Trinajstić information content (AvgIpc) is 2.38. The second-order valence-corrected chi connectivity index (χ2v) is 4.69. The van der Waals surface area contributed by atoms with Gasteiger partial charge in [0.15, 0.2) is 0 Å². The highest BCUT2D eigenvalue weighted by Crippen LogP contribution is 2.22. The van der Waals surface area contributed by atoms with Gasteiger partial charge in [-0.15, -0.1) is 11.8 Å². The maximum absolute atomic E-state index is 4.01. The van der Waals surface area contributed by atoms with E-state index in [4.69, 9.17) is 0 Å². The molecule has 0 unspecified atom stereocenters. The molecule has 0 N–H and O–H groups in total. The molecule has 0 saturated heterocycles. The van der Waals surface area contributed by atoms with Crippen molar-refractivity contribution in [1.29, 1.82) is 0 Å². The lowest BCUT2D eigenvalue weighted by molar-refractivity contribution is 1.13. The van der Waals surface area contributed by atoms with Crippen molar-refractivity contribution in [3.05, 3.63) is 59.9 Å². The molecule has 0 aliphatic carbocycles. The summed E-state index contributed by atoms with van der Waals surface area (Å²) < 4.78 is 0. The Morgan fingerprint density at radius 3 is 2.25 bits per heavy atom. The molecule has 2 aromatic rings. The summed E-state index contributed by atoms with van der Waals surface area (Å²) in [7, 11) is 0. The van der Waals surface area contributed by atoms with Crippen LogP contribution >= 0.6 is 11.8 Å². The zero-order valence-corrected chi connectivity index (χ0v) is 10.2. The summed E-state index contributed by atoms with van der Waals surface area (Å²) in [6.45, 7) is 2.18. The maximum Gasteiger partial charge on any atom is 0.0270 e. The molecule has 0 bridgehead atoms. The Morgan fingerprint density at radius 1 is 0.938 bits per heavy atom. The number of rotatable bonds is 4. The largest absolute Gasteiger partial charge is 0.265 e. The van der Waals surface area contributed by atoms with E-state index in [-0.39, 0.29) is 0 Å². The Kier molecular flexibility index (Phi) is 4.00. The van der Waals surface area contributed by atoms with Crippen molar-refractivity contribution < 1.29 is 0 Å². The van der Waals surface area contributed by atoms with Crippen molar-refractivity contribution in [3.8, 4) is 0 Å². The van der Waals surface area contributed by atoms with E-state index in [1.807, 2.05) is 24.2 Å². The molecule has 0 aliphatic heterocycles. The third kappa shape index (κ3) is 3.11. The van der Waals surface area contributed by atoms with Crippen LogP contribution in [-0.2, 0) is 12.2 Å². The lowest BCUT2D eigenvalue weighted by Crippen LogP contribution is -1.82. The number of hydrogen-bond donors (Lipinski definition) is 0. The number of pyridine rings is 1. The number of benzene rings is 1. The first-order valence-electron chi connectivity index (χ1n) is 5.49. The molecular formula is C14H15NS. The molecule has 1 aromatic heterocycles. The van der Waals surface area contributed by atoms with Crippen LogP contribution in [0.2, 0.25) is 0 Å². The summed E-state index contributed by atoms with van der Waals surface area (Å²) in [5, 5.41) is 0. The Balaban J connectivity index is 1.94. The molecule has 1 aromatic carbocycles. The van der Waals surface area contributed by atoms with Gasteiger partial charge in [0, 0.05) is 23.0 Å². The van der Waals surface area contributed by atoms with Gasteiger partial charge in [-0.1, -0.05) is 19.1 Å². The number of nitrogens with zero attached hydrogens (tertiary/aromatic N) is 1. The van der Waals surface area contributed by atoms with Crippen molar-refractivity contribution in [2.75, 3.05) is 0 Å². The third-order valence-electron chi connectivity index (χ3n) is 2.49. The van der Waals surface area contributed by atoms with Gasteiger partial charge in [0.25, 0.3) is 0 Å². The Morgan fingerprint density at radius 2 is 1.62 bits per heavy atom. The molecule has 1 heterocycles.